The number of anilines is 1. The van der Waals surface area contributed by atoms with Gasteiger partial charge in [-0.1, -0.05) is 0 Å². The maximum atomic E-state index is 13.3. The number of nitrogens with zero attached hydrogens (tertiary/aromatic N) is 6. The Kier molecular flexibility index (Phi) is 3.81. The number of ether oxygens (including phenoxy) is 1. The number of halogens is 2. The van der Waals surface area contributed by atoms with Gasteiger partial charge in [0.05, 0.1) is 30.0 Å². The monoisotopic (exact) mass is 391 g/mol. The molecule has 8 nitrogen and oxygen atoms in total. The Labute approximate surface area is 144 Å². The van der Waals surface area contributed by atoms with E-state index >= 15 is 0 Å². The van der Waals surface area contributed by atoms with Gasteiger partial charge in [-0.3, -0.25) is 0 Å². The quantitative estimate of drug-likeness (QED) is 0.724. The Morgan fingerprint density at radius 3 is 2.83 bits per heavy atom. The van der Waals surface area contributed by atoms with E-state index in [2.05, 4.69) is 46.5 Å². The van der Waals surface area contributed by atoms with E-state index in [-0.39, 0.29) is 11.9 Å². The first-order chi connectivity index (χ1) is 11.7. The Bertz CT molecular complexity index is 837. The van der Waals surface area contributed by atoms with E-state index in [1.54, 1.807) is 18.5 Å². The molecule has 0 unspecified atom stereocenters. The normalized spacial score (nSPS) is 14.5. The first kappa shape index (κ1) is 14.9. The van der Waals surface area contributed by atoms with Crippen molar-refractivity contribution < 1.29 is 9.13 Å². The van der Waals surface area contributed by atoms with E-state index in [0.29, 0.717) is 30.4 Å². The van der Waals surface area contributed by atoms with Gasteiger partial charge in [0.2, 0.25) is 0 Å². The van der Waals surface area contributed by atoms with E-state index in [4.69, 9.17) is 4.74 Å². The van der Waals surface area contributed by atoms with Crippen LogP contribution in [0.4, 0.5) is 10.2 Å². The summed E-state index contributed by atoms with van der Waals surface area (Å²) in [5.74, 6) is 1.38. The van der Waals surface area contributed by atoms with Crippen LogP contribution in [0.5, 0.6) is 5.75 Å². The van der Waals surface area contributed by atoms with Crippen molar-refractivity contribution in [3.05, 3.63) is 40.9 Å². The molecule has 2 aromatic heterocycles. The smallest absolute Gasteiger partial charge is 0.199 e. The summed E-state index contributed by atoms with van der Waals surface area (Å²) in [6, 6.07) is 4.38. The predicted molar refractivity (Wildman–Crippen MR) is 85.9 cm³/mol. The predicted octanol–water partition coefficient (Wildman–Crippen LogP) is 1.83. The van der Waals surface area contributed by atoms with Gasteiger partial charge in [-0.15, -0.1) is 5.10 Å². The minimum Gasteiger partial charge on any atom is -0.485 e. The van der Waals surface area contributed by atoms with Crippen LogP contribution in [-0.4, -0.2) is 49.8 Å². The molecule has 0 atom stereocenters. The second-order valence-corrected chi connectivity index (χ2v) is 6.08. The van der Waals surface area contributed by atoms with Crippen LogP contribution in [0.3, 0.4) is 0 Å². The minimum atomic E-state index is -0.326. The van der Waals surface area contributed by atoms with Gasteiger partial charge in [0.1, 0.15) is 29.2 Å². The van der Waals surface area contributed by atoms with Crippen molar-refractivity contribution in [2.45, 2.75) is 6.10 Å². The van der Waals surface area contributed by atoms with Crippen LogP contribution >= 0.6 is 15.9 Å². The molecule has 10 heteroatoms. The Morgan fingerprint density at radius 2 is 2.12 bits per heavy atom. The summed E-state index contributed by atoms with van der Waals surface area (Å²) in [6.07, 6.45) is 3.24. The van der Waals surface area contributed by atoms with Crippen LogP contribution in [0.2, 0.25) is 0 Å². The zero-order valence-corrected chi connectivity index (χ0v) is 13.8. The molecule has 24 heavy (non-hydrogen) atoms. The standard InChI is InChI=1S/C14H11BrFN7O/c15-10-2-1-8(16)3-12(10)24-9-6-23(7-9)13-5-17-11(4-18-13)14-19-21-22-20-14/h1-5,9H,6-7H2,(H,19,20,21,22). The van der Waals surface area contributed by atoms with Gasteiger partial charge in [-0.25, -0.2) is 19.5 Å². The summed E-state index contributed by atoms with van der Waals surface area (Å²) in [7, 11) is 0. The maximum Gasteiger partial charge on any atom is 0.199 e. The fourth-order valence-electron chi connectivity index (χ4n) is 2.32. The summed E-state index contributed by atoms with van der Waals surface area (Å²) >= 11 is 3.35. The SMILES string of the molecule is Fc1ccc(Br)c(OC2CN(c3cnc(-c4nnn[nH]4)cn3)C2)c1. The highest BCUT2D eigenvalue weighted by Crippen LogP contribution is 2.29. The molecule has 1 aliphatic rings. The molecular weight excluding hydrogens is 381 g/mol. The zero-order valence-electron chi connectivity index (χ0n) is 12.2. The number of tetrazole rings is 1. The topological polar surface area (TPSA) is 92.7 Å². The fourth-order valence-corrected chi connectivity index (χ4v) is 2.66. The molecule has 0 radical (unpaired) electrons. The number of hydrogen-bond donors (Lipinski definition) is 1. The second-order valence-electron chi connectivity index (χ2n) is 5.23. The van der Waals surface area contributed by atoms with Crippen LogP contribution in [0.25, 0.3) is 11.5 Å². The summed E-state index contributed by atoms with van der Waals surface area (Å²) in [5, 5.41) is 13.4. The first-order valence-corrected chi connectivity index (χ1v) is 7.91. The van der Waals surface area contributed by atoms with Crippen molar-refractivity contribution in [3.63, 3.8) is 0 Å². The largest absolute Gasteiger partial charge is 0.485 e. The molecule has 1 fully saturated rings. The molecule has 4 rings (SSSR count). The fraction of sp³-hybridized carbons (Fsp3) is 0.214. The van der Waals surface area contributed by atoms with Crippen LogP contribution in [0.15, 0.2) is 35.1 Å². The Morgan fingerprint density at radius 1 is 1.25 bits per heavy atom. The molecule has 122 valence electrons. The molecular formula is C14H11BrFN7O. The summed E-state index contributed by atoms with van der Waals surface area (Å²) in [6.45, 7) is 1.31. The van der Waals surface area contributed by atoms with E-state index in [0.717, 1.165) is 10.3 Å². The van der Waals surface area contributed by atoms with Gasteiger partial charge in [0.25, 0.3) is 0 Å². The van der Waals surface area contributed by atoms with E-state index in [1.165, 1.54) is 12.1 Å². The molecule has 0 amide bonds. The van der Waals surface area contributed by atoms with E-state index in [1.807, 2.05) is 4.90 Å². The van der Waals surface area contributed by atoms with Crippen LogP contribution in [-0.2, 0) is 0 Å². The first-order valence-electron chi connectivity index (χ1n) is 7.12. The number of H-pyrrole nitrogens is 1. The number of benzene rings is 1. The van der Waals surface area contributed by atoms with Crippen molar-refractivity contribution in [2.24, 2.45) is 0 Å². The van der Waals surface area contributed by atoms with Gasteiger partial charge < -0.3 is 9.64 Å². The van der Waals surface area contributed by atoms with Gasteiger partial charge in [-0.05, 0) is 38.5 Å². The average molecular weight is 392 g/mol. The number of rotatable bonds is 4. The summed E-state index contributed by atoms with van der Waals surface area (Å²) in [5.41, 5.74) is 0.570. The third kappa shape index (κ3) is 2.92. The van der Waals surface area contributed by atoms with E-state index < -0.39 is 0 Å². The van der Waals surface area contributed by atoms with Crippen LogP contribution in [0, 0.1) is 5.82 Å². The maximum absolute atomic E-state index is 13.3. The molecule has 3 heterocycles. The Hall–Kier alpha value is -2.62. The average Bonchev–Trinajstić information content (AvgIpc) is 3.08. The van der Waals surface area contributed by atoms with Gasteiger partial charge in [-0.2, -0.15) is 0 Å². The molecule has 1 aliphatic heterocycles. The van der Waals surface area contributed by atoms with Gasteiger partial charge in [0.15, 0.2) is 5.82 Å². The summed E-state index contributed by atoms with van der Waals surface area (Å²) < 4.78 is 19.8. The number of aromatic amines is 1. The van der Waals surface area contributed by atoms with Crippen molar-refractivity contribution in [1.29, 1.82) is 0 Å². The molecule has 0 bridgehead atoms. The van der Waals surface area contributed by atoms with Crippen LogP contribution in [0.1, 0.15) is 0 Å². The van der Waals surface area contributed by atoms with E-state index in [9.17, 15) is 4.39 Å². The highest BCUT2D eigenvalue weighted by molar-refractivity contribution is 9.10. The molecule has 3 aromatic rings. The number of hydrogen-bond acceptors (Lipinski definition) is 7. The van der Waals surface area contributed by atoms with Crippen molar-refractivity contribution in [2.75, 3.05) is 18.0 Å². The molecule has 1 aromatic carbocycles. The minimum absolute atomic E-state index is 0.0250. The van der Waals surface area contributed by atoms with Gasteiger partial charge in [0, 0.05) is 6.07 Å². The second kappa shape index (κ2) is 6.11. The lowest BCUT2D eigenvalue weighted by molar-refractivity contribution is 0.165. The molecule has 1 N–H and O–H groups in total. The lowest BCUT2D eigenvalue weighted by atomic mass is 10.1. The van der Waals surface area contributed by atoms with Crippen molar-refractivity contribution in [1.82, 2.24) is 30.6 Å². The Balaban J connectivity index is 1.38. The zero-order chi connectivity index (χ0) is 16.5. The number of aromatic nitrogens is 6. The molecule has 1 saturated heterocycles. The highest BCUT2D eigenvalue weighted by Gasteiger charge is 2.30. The molecule has 0 spiro atoms. The highest BCUT2D eigenvalue weighted by atomic mass is 79.9. The van der Waals surface area contributed by atoms with Gasteiger partial charge >= 0.3 is 0 Å². The number of nitrogens with one attached hydrogen (secondary N) is 1. The van der Waals surface area contributed by atoms with Crippen molar-refractivity contribution in [3.8, 4) is 17.3 Å². The lowest BCUT2D eigenvalue weighted by Gasteiger charge is -2.39. The molecule has 0 aliphatic carbocycles. The third-order valence-electron chi connectivity index (χ3n) is 3.59. The van der Waals surface area contributed by atoms with Crippen LogP contribution < -0.4 is 9.64 Å². The lowest BCUT2D eigenvalue weighted by Crippen LogP contribution is -2.54. The van der Waals surface area contributed by atoms with Crippen molar-refractivity contribution >= 4 is 21.7 Å². The summed E-state index contributed by atoms with van der Waals surface area (Å²) in [4.78, 5) is 10.7. The third-order valence-corrected chi connectivity index (χ3v) is 4.24. The molecule has 0 saturated carbocycles.